The first kappa shape index (κ1) is 20.5. The molecule has 0 saturated carbocycles. The minimum absolute atomic E-state index is 0. The quantitative estimate of drug-likeness (QED) is 0.810. The molecule has 1 N–H and O–H groups in total. The topological polar surface area (TPSA) is 71.1 Å². The van der Waals surface area contributed by atoms with E-state index >= 15 is 0 Å². The van der Waals surface area contributed by atoms with Crippen LogP contribution in [0.25, 0.3) is 0 Å². The molecule has 2 aliphatic rings. The van der Waals surface area contributed by atoms with Gasteiger partial charge in [0.25, 0.3) is 5.91 Å². The highest BCUT2D eigenvalue weighted by Crippen LogP contribution is 2.15. The molecule has 0 bridgehead atoms. The van der Waals surface area contributed by atoms with Crippen molar-refractivity contribution >= 4 is 24.2 Å². The van der Waals surface area contributed by atoms with E-state index in [4.69, 9.17) is 9.47 Å². The van der Waals surface area contributed by atoms with Gasteiger partial charge < -0.3 is 24.6 Å². The number of nitrogens with zero attached hydrogens (tertiary/aromatic N) is 2. The van der Waals surface area contributed by atoms with Crippen molar-refractivity contribution in [1.29, 1.82) is 0 Å². The third kappa shape index (κ3) is 5.09. The Morgan fingerprint density at radius 2 is 1.96 bits per heavy atom. The summed E-state index contributed by atoms with van der Waals surface area (Å²) < 4.78 is 10.7. The number of ether oxygens (including phenoxy) is 2. The average Bonchev–Trinajstić information content (AvgIpc) is 2.68. The molecule has 26 heavy (non-hydrogen) atoms. The van der Waals surface area contributed by atoms with E-state index in [-0.39, 0.29) is 24.2 Å². The second kappa shape index (κ2) is 9.75. The standard InChI is InChI=1S/C18H25N3O4.ClH/c1-24-15-4-2-3-14(11-15)12-17(22)20-6-8-21(9-7-20)18(23)16-13-19-5-10-25-16;/h2-4,11,16,19H,5-10,12-13H2,1H3;1H. The largest absolute Gasteiger partial charge is 0.497 e. The number of carbonyl (C=O) groups is 2. The molecule has 0 aromatic heterocycles. The summed E-state index contributed by atoms with van der Waals surface area (Å²) in [6.07, 6.45) is -0.0476. The second-order valence-corrected chi connectivity index (χ2v) is 6.30. The van der Waals surface area contributed by atoms with Crippen molar-refractivity contribution in [1.82, 2.24) is 15.1 Å². The lowest BCUT2D eigenvalue weighted by Gasteiger charge is -2.37. The van der Waals surface area contributed by atoms with Gasteiger partial charge in [0.2, 0.25) is 5.91 Å². The van der Waals surface area contributed by atoms with Crippen molar-refractivity contribution in [2.24, 2.45) is 0 Å². The van der Waals surface area contributed by atoms with E-state index in [9.17, 15) is 9.59 Å². The summed E-state index contributed by atoms with van der Waals surface area (Å²) in [4.78, 5) is 28.5. The van der Waals surface area contributed by atoms with Crippen LogP contribution in [0.4, 0.5) is 0 Å². The number of methoxy groups -OCH3 is 1. The Labute approximate surface area is 160 Å². The predicted octanol–water partition coefficient (Wildman–Crippen LogP) is 0.319. The fourth-order valence-corrected chi connectivity index (χ4v) is 3.17. The molecule has 7 nitrogen and oxygen atoms in total. The molecule has 0 radical (unpaired) electrons. The van der Waals surface area contributed by atoms with Gasteiger partial charge in [0.1, 0.15) is 11.9 Å². The van der Waals surface area contributed by atoms with Gasteiger partial charge in [0.15, 0.2) is 0 Å². The van der Waals surface area contributed by atoms with Gasteiger partial charge in [0.05, 0.1) is 20.1 Å². The normalized spacial score (nSPS) is 20.3. The number of hydrogen-bond donors (Lipinski definition) is 1. The van der Waals surface area contributed by atoms with Crippen LogP contribution < -0.4 is 10.1 Å². The van der Waals surface area contributed by atoms with Gasteiger partial charge in [-0.25, -0.2) is 0 Å². The number of rotatable bonds is 4. The predicted molar refractivity (Wildman–Crippen MR) is 99.7 cm³/mol. The van der Waals surface area contributed by atoms with Crippen molar-refractivity contribution in [2.75, 3.05) is 53.0 Å². The highest BCUT2D eigenvalue weighted by Gasteiger charge is 2.30. The van der Waals surface area contributed by atoms with Crippen LogP contribution in [0, 0.1) is 0 Å². The summed E-state index contributed by atoms with van der Waals surface area (Å²) in [6.45, 7) is 4.16. The van der Waals surface area contributed by atoms with Gasteiger partial charge >= 0.3 is 0 Å². The maximum Gasteiger partial charge on any atom is 0.253 e. The molecule has 2 fully saturated rings. The second-order valence-electron chi connectivity index (χ2n) is 6.30. The van der Waals surface area contributed by atoms with Gasteiger partial charge in [0, 0.05) is 39.3 Å². The zero-order valence-electron chi connectivity index (χ0n) is 15.0. The van der Waals surface area contributed by atoms with Gasteiger partial charge in [-0.05, 0) is 17.7 Å². The molecule has 1 aromatic carbocycles. The van der Waals surface area contributed by atoms with E-state index in [1.165, 1.54) is 0 Å². The fourth-order valence-electron chi connectivity index (χ4n) is 3.17. The Morgan fingerprint density at radius 3 is 2.62 bits per heavy atom. The first-order valence-corrected chi connectivity index (χ1v) is 8.69. The Balaban J connectivity index is 0.00000243. The van der Waals surface area contributed by atoms with Crippen LogP contribution in [-0.4, -0.2) is 80.7 Å². The number of piperazine rings is 1. The molecule has 0 spiro atoms. The van der Waals surface area contributed by atoms with Crippen molar-refractivity contribution in [3.8, 4) is 5.75 Å². The first-order chi connectivity index (χ1) is 12.2. The highest BCUT2D eigenvalue weighted by molar-refractivity contribution is 5.85. The van der Waals surface area contributed by atoms with Crippen molar-refractivity contribution in [2.45, 2.75) is 12.5 Å². The fraction of sp³-hybridized carbons (Fsp3) is 0.556. The molecule has 2 aliphatic heterocycles. The molecule has 1 unspecified atom stereocenters. The molecule has 144 valence electrons. The number of nitrogens with one attached hydrogen (secondary N) is 1. The molecular weight excluding hydrogens is 358 g/mol. The Bertz CT molecular complexity index is 614. The molecule has 2 amide bonds. The van der Waals surface area contributed by atoms with Crippen LogP contribution in [0.1, 0.15) is 5.56 Å². The van der Waals surface area contributed by atoms with E-state index in [1.54, 1.807) is 12.0 Å². The summed E-state index contributed by atoms with van der Waals surface area (Å²) in [5.74, 6) is 0.852. The highest BCUT2D eigenvalue weighted by atomic mass is 35.5. The molecular formula is C18H26ClN3O4. The molecule has 1 aromatic rings. The van der Waals surface area contributed by atoms with Crippen LogP contribution in [0.2, 0.25) is 0 Å². The summed E-state index contributed by atoms with van der Waals surface area (Å²) in [7, 11) is 1.61. The molecule has 0 aliphatic carbocycles. The maximum absolute atomic E-state index is 12.5. The van der Waals surface area contributed by atoms with E-state index in [0.29, 0.717) is 45.8 Å². The summed E-state index contributed by atoms with van der Waals surface area (Å²) in [5, 5.41) is 3.17. The first-order valence-electron chi connectivity index (χ1n) is 8.69. The van der Waals surface area contributed by atoms with Crippen LogP contribution in [0.5, 0.6) is 5.75 Å². The van der Waals surface area contributed by atoms with E-state index in [0.717, 1.165) is 17.9 Å². The summed E-state index contributed by atoms with van der Waals surface area (Å²) in [6, 6.07) is 7.55. The lowest BCUT2D eigenvalue weighted by molar-refractivity contribution is -0.149. The van der Waals surface area contributed by atoms with Crippen LogP contribution in [0.15, 0.2) is 24.3 Å². The van der Waals surface area contributed by atoms with Crippen molar-refractivity contribution in [3.05, 3.63) is 29.8 Å². The lowest BCUT2D eigenvalue weighted by Crippen LogP contribution is -2.56. The van der Waals surface area contributed by atoms with Crippen molar-refractivity contribution in [3.63, 3.8) is 0 Å². The van der Waals surface area contributed by atoms with Gasteiger partial charge in [-0.2, -0.15) is 0 Å². The Kier molecular flexibility index (Phi) is 7.68. The zero-order valence-corrected chi connectivity index (χ0v) is 15.8. The van der Waals surface area contributed by atoms with Crippen molar-refractivity contribution < 1.29 is 19.1 Å². The molecule has 2 saturated heterocycles. The zero-order chi connectivity index (χ0) is 17.6. The third-order valence-electron chi connectivity index (χ3n) is 4.64. The number of carbonyl (C=O) groups excluding carboxylic acids is 2. The number of halogens is 1. The lowest BCUT2D eigenvalue weighted by atomic mass is 10.1. The van der Waals surface area contributed by atoms with E-state index in [2.05, 4.69) is 5.32 Å². The van der Waals surface area contributed by atoms with Gasteiger partial charge in [-0.15, -0.1) is 12.4 Å². The smallest absolute Gasteiger partial charge is 0.253 e. The van der Waals surface area contributed by atoms with E-state index in [1.807, 2.05) is 29.2 Å². The van der Waals surface area contributed by atoms with E-state index < -0.39 is 6.10 Å². The number of morpholine rings is 1. The van der Waals surface area contributed by atoms with Crippen LogP contribution in [-0.2, 0) is 20.7 Å². The Morgan fingerprint density at radius 1 is 1.23 bits per heavy atom. The summed E-state index contributed by atoms with van der Waals surface area (Å²) >= 11 is 0. The van der Waals surface area contributed by atoms with Gasteiger partial charge in [-0.3, -0.25) is 9.59 Å². The molecule has 3 rings (SSSR count). The number of hydrogen-bond acceptors (Lipinski definition) is 5. The van der Waals surface area contributed by atoms with Crippen LogP contribution in [0.3, 0.4) is 0 Å². The number of amides is 2. The minimum atomic E-state index is -0.396. The maximum atomic E-state index is 12.5. The SMILES string of the molecule is COc1cccc(CC(=O)N2CCN(C(=O)C3CNCCO3)CC2)c1.Cl. The average molecular weight is 384 g/mol. The third-order valence-corrected chi connectivity index (χ3v) is 4.64. The monoisotopic (exact) mass is 383 g/mol. The number of benzene rings is 1. The summed E-state index contributed by atoms with van der Waals surface area (Å²) in [5.41, 5.74) is 0.935. The molecule has 2 heterocycles. The van der Waals surface area contributed by atoms with Crippen LogP contribution >= 0.6 is 12.4 Å². The Hall–Kier alpha value is -1.83. The van der Waals surface area contributed by atoms with Gasteiger partial charge in [-0.1, -0.05) is 12.1 Å². The molecule has 1 atom stereocenters. The minimum Gasteiger partial charge on any atom is -0.497 e. The molecule has 8 heteroatoms.